The predicted molar refractivity (Wildman–Crippen MR) is 394 cm³/mol. The maximum atomic E-state index is 16.5. The molecular weight excluding hydrogens is 1300 g/mol. The summed E-state index contributed by atoms with van der Waals surface area (Å²) in [6.07, 6.45) is 7.07. The van der Waals surface area contributed by atoms with Crippen LogP contribution in [-0.2, 0) is 86.3 Å². The summed E-state index contributed by atoms with van der Waals surface area (Å²) in [5.41, 5.74) is 3.60. The summed E-state index contributed by atoms with van der Waals surface area (Å²) >= 11 is 0. The molecule has 23 atom stereocenters. The van der Waals surface area contributed by atoms with Gasteiger partial charge in [-0.2, -0.15) is 0 Å². The van der Waals surface area contributed by atoms with Crippen LogP contribution < -0.4 is 10.6 Å². The number of amides is 2. The Labute approximate surface area is 616 Å². The first kappa shape index (κ1) is 77.8. The average Bonchev–Trinajstić information content (AvgIpc) is 1.08. The van der Waals surface area contributed by atoms with Gasteiger partial charge >= 0.3 is 12.1 Å². The molecule has 3 aromatic rings. The second kappa shape index (κ2) is 31.4. The molecule has 17 nitrogen and oxygen atoms in total. The molecule has 0 bridgehead atoms. The first-order chi connectivity index (χ1) is 48.9. The minimum Gasteiger partial charge on any atom is -0.444 e. The minimum atomic E-state index is -1.27. The van der Waals surface area contributed by atoms with Gasteiger partial charge in [-0.1, -0.05) is 185 Å². The van der Waals surface area contributed by atoms with Crippen molar-refractivity contribution in [1.29, 1.82) is 0 Å². The van der Waals surface area contributed by atoms with Gasteiger partial charge in [0.1, 0.15) is 42.2 Å². The Morgan fingerprint density at radius 3 is 1.95 bits per heavy atom. The van der Waals surface area contributed by atoms with Crippen LogP contribution in [0.5, 0.6) is 0 Å². The fraction of sp³-hybridized carbons (Fsp3) is 0.733. The molecule has 12 unspecified atom stereocenters. The number of alkyl carbamates (subject to hydrolysis) is 1. The lowest BCUT2D eigenvalue weighted by atomic mass is 9.33. The molecule has 0 aromatic heterocycles. The number of rotatable bonds is 24. The van der Waals surface area contributed by atoms with E-state index in [9.17, 15) is 9.59 Å². The molecule has 9 aliphatic rings. The Morgan fingerprint density at radius 1 is 0.641 bits per heavy atom. The van der Waals surface area contributed by atoms with E-state index in [0.29, 0.717) is 81.6 Å². The number of nitrogens with one attached hydrogen (secondary N) is 2. The normalized spacial score (nSPS) is 39.6. The van der Waals surface area contributed by atoms with E-state index in [4.69, 9.17) is 56.8 Å². The number of carbonyl (C=O) groups excluding carboxylic acids is 3. The zero-order valence-electron chi connectivity index (χ0n) is 65.1. The third-order valence-corrected chi connectivity index (χ3v) is 27.3. The molecule has 103 heavy (non-hydrogen) atoms. The number of allylic oxidation sites excluding steroid dienone is 2. The molecule has 2 N–H and O–H groups in total. The lowest BCUT2D eigenvalue weighted by molar-refractivity contribution is -0.354. The van der Waals surface area contributed by atoms with Crippen LogP contribution in [0.25, 0.3) is 0 Å². The second-order valence-corrected chi connectivity index (χ2v) is 35.9. The van der Waals surface area contributed by atoms with Crippen molar-refractivity contribution in [3.63, 3.8) is 0 Å². The van der Waals surface area contributed by atoms with E-state index < -0.39 is 96.5 Å². The highest BCUT2D eigenvalue weighted by Crippen LogP contribution is 2.76. The van der Waals surface area contributed by atoms with Gasteiger partial charge < -0.3 is 67.5 Å². The monoisotopic (exact) mass is 1430 g/mol. The van der Waals surface area contributed by atoms with Crippen LogP contribution in [-0.4, -0.2) is 123 Å². The smallest absolute Gasteiger partial charge is 0.407 e. The summed E-state index contributed by atoms with van der Waals surface area (Å²) < 4.78 is 82.2. The first-order valence-corrected chi connectivity index (χ1v) is 39.6. The molecule has 2 amide bonds. The third kappa shape index (κ3) is 16.3. The summed E-state index contributed by atoms with van der Waals surface area (Å²) in [6.45, 7) is 37.4. The molecule has 8 fully saturated rings. The van der Waals surface area contributed by atoms with Gasteiger partial charge in [-0.05, 0) is 186 Å². The summed E-state index contributed by atoms with van der Waals surface area (Å²) in [5.74, 6) is -0.496. The quantitative estimate of drug-likeness (QED) is 0.0490. The van der Waals surface area contributed by atoms with Gasteiger partial charge in [0, 0.05) is 24.8 Å². The van der Waals surface area contributed by atoms with Crippen LogP contribution in [0, 0.1) is 68.0 Å². The van der Waals surface area contributed by atoms with E-state index in [2.05, 4.69) is 103 Å². The van der Waals surface area contributed by atoms with Crippen LogP contribution in [0.1, 0.15) is 224 Å². The summed E-state index contributed by atoms with van der Waals surface area (Å²) in [7, 11) is 0. The molecule has 570 valence electrons. The first-order valence-electron chi connectivity index (χ1n) is 39.6. The van der Waals surface area contributed by atoms with Crippen molar-refractivity contribution < 1.29 is 71.2 Å². The van der Waals surface area contributed by atoms with Gasteiger partial charge in [-0.15, -0.1) is 0 Å². The highest BCUT2D eigenvalue weighted by atomic mass is 16.8. The molecule has 0 radical (unpaired) electrons. The van der Waals surface area contributed by atoms with Crippen LogP contribution in [0.2, 0.25) is 0 Å². The van der Waals surface area contributed by atoms with E-state index in [-0.39, 0.29) is 71.1 Å². The fourth-order valence-electron chi connectivity index (χ4n) is 21.0. The molecule has 4 saturated heterocycles. The number of hydrogen-bond acceptors (Lipinski definition) is 15. The minimum absolute atomic E-state index is 0.00884. The lowest BCUT2D eigenvalue weighted by Gasteiger charge is -2.71. The molecule has 4 saturated carbocycles. The van der Waals surface area contributed by atoms with E-state index in [1.165, 1.54) is 37.7 Å². The zero-order chi connectivity index (χ0) is 73.5. The number of benzene rings is 3. The van der Waals surface area contributed by atoms with Crippen LogP contribution >= 0.6 is 0 Å². The van der Waals surface area contributed by atoms with Gasteiger partial charge in [0.25, 0.3) is 0 Å². The van der Waals surface area contributed by atoms with Gasteiger partial charge in [-0.25, -0.2) is 4.79 Å². The van der Waals surface area contributed by atoms with E-state index in [0.717, 1.165) is 42.4 Å². The number of esters is 1. The molecule has 3 aromatic carbocycles. The molecule has 5 aliphatic carbocycles. The topological polar surface area (TPSA) is 186 Å². The van der Waals surface area contributed by atoms with Gasteiger partial charge in [0.05, 0.1) is 56.7 Å². The molecule has 17 heteroatoms. The lowest BCUT2D eigenvalue weighted by Crippen LogP contribution is -2.66. The van der Waals surface area contributed by atoms with Gasteiger partial charge in [-0.3, -0.25) is 9.59 Å². The standard InChI is InChI=1S/C86H126N2O15/c1-17-82(13)54(2)39-41-83(14)65(82)40-42-85(16)66(83)38-37-61-62-48-80(9,10)43-45-86(62,46-44-84(61,85)15)77(90)100-75-70(55(3)68(63(97-75)52-92-49-58-30-22-18-23-31-58)88-67(89)36-28-21-29-47-87-78(91)103-79(6,7)8)98-76-73-72(101-81(11,12)102-73)71(57(5)96-76)99-74-56(4)69(94-51-60-34-26-20-27-35-60)64(53-95-74)93-50-59-32-24-19-25-33-59/h18-20,22-27,30-35,37,54-57,62-66,68-76H,17,21,28-29,36,38-53H2,1-16H3,(H,87,91)(H,88,89)/t54-,55?,56?,57?,62?,63?,64+,65-,66?,68+,69?,70?,71-,72?,73?,74-,75-,76?,82-,83?,84+,85+,86-/m0/s1. The van der Waals surface area contributed by atoms with Crippen molar-refractivity contribution in [1.82, 2.24) is 10.6 Å². The third-order valence-electron chi connectivity index (χ3n) is 27.3. The Balaban J connectivity index is 0.835. The van der Waals surface area contributed by atoms with Gasteiger partial charge in [0.2, 0.25) is 12.2 Å². The van der Waals surface area contributed by atoms with Crippen molar-refractivity contribution in [2.24, 2.45) is 68.0 Å². The fourth-order valence-corrected chi connectivity index (χ4v) is 21.0. The predicted octanol–water partition coefficient (Wildman–Crippen LogP) is 16.7. The van der Waals surface area contributed by atoms with Crippen molar-refractivity contribution in [3.8, 4) is 0 Å². The zero-order valence-corrected chi connectivity index (χ0v) is 65.1. The van der Waals surface area contributed by atoms with Crippen molar-refractivity contribution >= 4 is 18.0 Å². The Hall–Kier alpha value is -4.79. The van der Waals surface area contributed by atoms with Crippen LogP contribution in [0.15, 0.2) is 103 Å². The number of carbonyl (C=O) groups is 3. The van der Waals surface area contributed by atoms with Crippen molar-refractivity contribution in [3.05, 3.63) is 119 Å². The highest BCUT2D eigenvalue weighted by molar-refractivity contribution is 5.79. The van der Waals surface area contributed by atoms with E-state index >= 15 is 4.79 Å². The maximum Gasteiger partial charge on any atom is 0.407 e. The summed E-state index contributed by atoms with van der Waals surface area (Å²) in [5, 5.41) is 6.25. The Kier molecular flexibility index (Phi) is 23.7. The molecule has 4 aliphatic heterocycles. The van der Waals surface area contributed by atoms with Crippen LogP contribution in [0.3, 0.4) is 0 Å². The van der Waals surface area contributed by atoms with Crippen molar-refractivity contribution in [2.75, 3.05) is 19.8 Å². The molecule has 4 heterocycles. The second-order valence-electron chi connectivity index (χ2n) is 35.9. The average molecular weight is 1430 g/mol. The Bertz CT molecular complexity index is 3360. The molecular formula is C86H126N2O15. The number of ether oxygens (including phenoxy) is 12. The number of unbranched alkanes of at least 4 members (excludes halogenated alkanes) is 2. The largest absolute Gasteiger partial charge is 0.444 e. The van der Waals surface area contributed by atoms with E-state index in [1.54, 1.807) is 0 Å². The van der Waals surface area contributed by atoms with E-state index in [1.807, 2.05) is 115 Å². The number of hydrogen-bond donors (Lipinski definition) is 2. The maximum absolute atomic E-state index is 16.5. The summed E-state index contributed by atoms with van der Waals surface area (Å²) in [6, 6.07) is 29.6. The highest BCUT2D eigenvalue weighted by Gasteiger charge is 2.70. The SMILES string of the molecule is CC[C@]1(C)[C@@H]2CC[C@]3(C)C(CC=C4C5CC(C)(C)CC[C@]5(C(=O)O[C@@H]5OC(COCc6ccccc6)[C@H](NC(=O)CCCCCNC(=O)OC(C)(C)C)C(C)C5OC5OC(C)[C@H](O[C@@H]6OC[C@@H](OCc7ccccc7)C(OCc7ccccc7)C6C)C6OC(C)(C)OC56)CC[C@]43C)C2(C)CC[C@@H]1C. The molecule has 0 spiro atoms. The van der Waals surface area contributed by atoms with Gasteiger partial charge in [0.15, 0.2) is 18.4 Å². The van der Waals surface area contributed by atoms with Crippen LogP contribution in [0.4, 0.5) is 4.79 Å². The van der Waals surface area contributed by atoms with Crippen molar-refractivity contribution in [2.45, 2.75) is 312 Å². The number of fused-ring (bicyclic) bond motifs is 8. The molecule has 12 rings (SSSR count). The summed E-state index contributed by atoms with van der Waals surface area (Å²) in [4.78, 5) is 43.6. The Morgan fingerprint density at radius 2 is 1.28 bits per heavy atom.